The summed E-state index contributed by atoms with van der Waals surface area (Å²) in [6.45, 7) is 2.10. The molecule has 0 aliphatic heterocycles. The Morgan fingerprint density at radius 3 is 2.95 bits per heavy atom. The monoisotopic (exact) mass is 301 g/mol. The van der Waals surface area contributed by atoms with Gasteiger partial charge in [0, 0.05) is 12.5 Å². The second-order valence-electron chi connectivity index (χ2n) is 3.95. The number of amides is 1. The Labute approximate surface area is 121 Å². The number of aromatic nitrogens is 1. The highest BCUT2D eigenvalue weighted by Gasteiger charge is 2.14. The van der Waals surface area contributed by atoms with E-state index in [0.29, 0.717) is 17.4 Å². The second kappa shape index (κ2) is 6.70. The maximum Gasteiger partial charge on any atom is 0.230 e. The lowest BCUT2D eigenvalue weighted by Crippen LogP contribution is -2.26. The molecular weight excluding hydrogens is 286 g/mol. The van der Waals surface area contributed by atoms with Crippen molar-refractivity contribution in [3.8, 4) is 5.75 Å². The smallest absolute Gasteiger partial charge is 0.230 e. The van der Waals surface area contributed by atoms with Gasteiger partial charge in [0.05, 0.1) is 11.8 Å². The lowest BCUT2D eigenvalue weighted by atomic mass is 10.2. The van der Waals surface area contributed by atoms with Crippen LogP contribution in [0.15, 0.2) is 18.2 Å². The molecule has 0 saturated heterocycles. The Morgan fingerprint density at radius 2 is 2.32 bits per heavy atom. The summed E-state index contributed by atoms with van der Waals surface area (Å²) in [5, 5.41) is 3.34. The van der Waals surface area contributed by atoms with E-state index in [2.05, 4.69) is 10.3 Å². The fourth-order valence-electron chi connectivity index (χ4n) is 1.48. The number of hydrogen-bond donors (Lipinski definition) is 2. The fourth-order valence-corrected chi connectivity index (χ4v) is 2.36. The van der Waals surface area contributed by atoms with Crippen LogP contribution in [0.3, 0.4) is 0 Å². The van der Waals surface area contributed by atoms with E-state index in [1.54, 1.807) is 14.0 Å². The van der Waals surface area contributed by atoms with Crippen LogP contribution in [0.25, 0.3) is 10.2 Å². The number of fused-ring (bicyclic) bond motifs is 1. The van der Waals surface area contributed by atoms with Crippen LogP contribution in [0, 0.1) is 5.92 Å². The molecule has 0 saturated carbocycles. The number of para-hydroxylation sites is 1. The molecule has 19 heavy (non-hydrogen) atoms. The quantitative estimate of drug-likeness (QED) is 0.908. The van der Waals surface area contributed by atoms with Crippen LogP contribution in [-0.4, -0.2) is 24.5 Å². The summed E-state index contributed by atoms with van der Waals surface area (Å²) in [6, 6.07) is 5.68. The van der Waals surface area contributed by atoms with Gasteiger partial charge in [-0.15, -0.1) is 12.4 Å². The molecule has 104 valence electrons. The highest BCUT2D eigenvalue weighted by Crippen LogP contribution is 2.32. The Morgan fingerprint density at radius 1 is 1.58 bits per heavy atom. The van der Waals surface area contributed by atoms with E-state index in [1.165, 1.54) is 11.3 Å². The third-order valence-corrected chi connectivity index (χ3v) is 3.57. The summed E-state index contributed by atoms with van der Waals surface area (Å²) in [4.78, 5) is 16.1. The molecule has 2 aromatic rings. The van der Waals surface area contributed by atoms with Crippen molar-refractivity contribution in [1.29, 1.82) is 0 Å². The third kappa shape index (κ3) is 3.34. The van der Waals surface area contributed by atoms with Crippen molar-refractivity contribution in [2.24, 2.45) is 11.7 Å². The summed E-state index contributed by atoms with van der Waals surface area (Å²) in [5.41, 5.74) is 6.21. The molecule has 1 heterocycles. The van der Waals surface area contributed by atoms with Crippen molar-refractivity contribution < 1.29 is 9.53 Å². The van der Waals surface area contributed by atoms with Crippen LogP contribution in [0.1, 0.15) is 6.92 Å². The topological polar surface area (TPSA) is 77.2 Å². The zero-order valence-corrected chi connectivity index (χ0v) is 12.3. The zero-order valence-electron chi connectivity index (χ0n) is 10.7. The number of ether oxygens (including phenoxy) is 1. The van der Waals surface area contributed by atoms with E-state index >= 15 is 0 Å². The van der Waals surface area contributed by atoms with Gasteiger partial charge >= 0.3 is 0 Å². The molecule has 2 rings (SSSR count). The minimum Gasteiger partial charge on any atom is -0.494 e. The first kappa shape index (κ1) is 15.7. The predicted molar refractivity (Wildman–Crippen MR) is 80.3 cm³/mol. The van der Waals surface area contributed by atoms with Gasteiger partial charge in [-0.25, -0.2) is 4.98 Å². The van der Waals surface area contributed by atoms with Gasteiger partial charge in [-0.1, -0.05) is 24.3 Å². The van der Waals surface area contributed by atoms with E-state index in [1.807, 2.05) is 18.2 Å². The first-order valence-corrected chi connectivity index (χ1v) is 6.41. The van der Waals surface area contributed by atoms with Crippen molar-refractivity contribution in [2.75, 3.05) is 19.0 Å². The first-order chi connectivity index (χ1) is 8.65. The number of nitrogens with one attached hydrogen (secondary N) is 1. The third-order valence-electron chi connectivity index (χ3n) is 2.63. The number of methoxy groups -OCH3 is 1. The minimum absolute atomic E-state index is 0. The number of hydrogen-bond acceptors (Lipinski definition) is 5. The molecule has 5 nitrogen and oxygen atoms in total. The van der Waals surface area contributed by atoms with Crippen molar-refractivity contribution >= 4 is 45.0 Å². The molecule has 1 aromatic heterocycles. The van der Waals surface area contributed by atoms with Gasteiger partial charge in [-0.05, 0) is 12.1 Å². The molecule has 3 N–H and O–H groups in total. The molecule has 0 radical (unpaired) electrons. The Hall–Kier alpha value is -1.37. The lowest BCUT2D eigenvalue weighted by Gasteiger charge is -2.06. The maximum atomic E-state index is 11.7. The summed E-state index contributed by atoms with van der Waals surface area (Å²) in [5.74, 6) is 0.366. The normalized spacial score (nSPS) is 11.7. The summed E-state index contributed by atoms with van der Waals surface area (Å²) in [6.07, 6.45) is 0. The van der Waals surface area contributed by atoms with E-state index in [9.17, 15) is 4.79 Å². The number of carbonyl (C=O) groups is 1. The van der Waals surface area contributed by atoms with Gasteiger partial charge in [0.1, 0.15) is 11.3 Å². The van der Waals surface area contributed by atoms with Crippen molar-refractivity contribution in [3.63, 3.8) is 0 Å². The van der Waals surface area contributed by atoms with Gasteiger partial charge in [-0.3, -0.25) is 4.79 Å². The highest BCUT2D eigenvalue weighted by atomic mass is 35.5. The lowest BCUT2D eigenvalue weighted by molar-refractivity contribution is -0.119. The molecule has 1 atom stereocenters. The largest absolute Gasteiger partial charge is 0.494 e. The average Bonchev–Trinajstić information content (AvgIpc) is 2.79. The molecular formula is C12H16ClN3O2S. The van der Waals surface area contributed by atoms with Crippen molar-refractivity contribution in [1.82, 2.24) is 4.98 Å². The van der Waals surface area contributed by atoms with Crippen LogP contribution >= 0.6 is 23.7 Å². The first-order valence-electron chi connectivity index (χ1n) is 5.60. The van der Waals surface area contributed by atoms with Gasteiger partial charge in [-0.2, -0.15) is 0 Å². The standard InChI is InChI=1S/C12H15N3O2S.ClH/c1-7(6-13)11(16)15-12-14-10-8(17-2)4-3-5-9(10)18-12;/h3-5,7H,6,13H2,1-2H3,(H,14,15,16);1H. The summed E-state index contributed by atoms with van der Waals surface area (Å²) >= 11 is 1.42. The SMILES string of the molecule is COc1cccc2sc(NC(=O)C(C)CN)nc12.Cl. The second-order valence-corrected chi connectivity index (χ2v) is 4.98. The van der Waals surface area contributed by atoms with Crippen LogP contribution in [0.2, 0.25) is 0 Å². The molecule has 0 aliphatic rings. The van der Waals surface area contributed by atoms with Crippen LogP contribution in [0.5, 0.6) is 5.75 Å². The van der Waals surface area contributed by atoms with Gasteiger partial charge in [0.25, 0.3) is 0 Å². The van der Waals surface area contributed by atoms with Crippen LogP contribution in [0.4, 0.5) is 5.13 Å². The average molecular weight is 302 g/mol. The van der Waals surface area contributed by atoms with Gasteiger partial charge in [0.15, 0.2) is 5.13 Å². The van der Waals surface area contributed by atoms with Crippen molar-refractivity contribution in [2.45, 2.75) is 6.92 Å². The van der Waals surface area contributed by atoms with E-state index in [-0.39, 0.29) is 24.2 Å². The highest BCUT2D eigenvalue weighted by molar-refractivity contribution is 7.22. The predicted octanol–water partition coefficient (Wildman–Crippen LogP) is 2.26. The summed E-state index contributed by atoms with van der Waals surface area (Å²) < 4.78 is 6.20. The number of nitrogens with two attached hydrogens (primary N) is 1. The molecule has 0 fully saturated rings. The Balaban J connectivity index is 0.00000180. The molecule has 7 heteroatoms. The molecule has 0 spiro atoms. The Kier molecular flexibility index (Phi) is 5.53. The van der Waals surface area contributed by atoms with Crippen LogP contribution in [-0.2, 0) is 4.79 Å². The molecule has 1 unspecified atom stereocenters. The molecule has 0 aliphatic carbocycles. The van der Waals surface area contributed by atoms with Crippen molar-refractivity contribution in [3.05, 3.63) is 18.2 Å². The van der Waals surface area contributed by atoms with Gasteiger partial charge in [0.2, 0.25) is 5.91 Å². The van der Waals surface area contributed by atoms with E-state index in [0.717, 1.165) is 10.2 Å². The number of halogens is 1. The number of anilines is 1. The molecule has 1 aromatic carbocycles. The Bertz CT molecular complexity index is 573. The number of carbonyl (C=O) groups excluding carboxylic acids is 1. The maximum absolute atomic E-state index is 11.7. The van der Waals surface area contributed by atoms with E-state index < -0.39 is 0 Å². The number of thiazole rings is 1. The molecule has 0 bridgehead atoms. The number of benzene rings is 1. The molecule has 1 amide bonds. The number of rotatable bonds is 4. The summed E-state index contributed by atoms with van der Waals surface area (Å²) in [7, 11) is 1.60. The van der Waals surface area contributed by atoms with Crippen LogP contribution < -0.4 is 15.8 Å². The minimum atomic E-state index is -0.223. The van der Waals surface area contributed by atoms with Gasteiger partial charge < -0.3 is 15.8 Å². The number of nitrogens with zero attached hydrogens (tertiary/aromatic N) is 1. The van der Waals surface area contributed by atoms with E-state index in [4.69, 9.17) is 10.5 Å². The zero-order chi connectivity index (χ0) is 13.1. The fraction of sp³-hybridized carbons (Fsp3) is 0.333.